The molecule has 0 unspecified atom stereocenters. The number of carbonyl (C=O) groups excluding carboxylic acids is 1. The molecule has 0 saturated carbocycles. The summed E-state index contributed by atoms with van der Waals surface area (Å²) in [5.74, 6) is 0.525. The quantitative estimate of drug-likeness (QED) is 0.327. The molecule has 26 heavy (non-hydrogen) atoms. The van der Waals surface area contributed by atoms with E-state index in [9.17, 15) is 4.79 Å². The van der Waals surface area contributed by atoms with Gasteiger partial charge in [-0.05, 0) is 30.3 Å². The lowest BCUT2D eigenvalue weighted by Crippen LogP contribution is -2.21. The number of hydrogen-bond donors (Lipinski definition) is 3. The number of nitriles is 1. The van der Waals surface area contributed by atoms with E-state index < -0.39 is 5.84 Å². The first kappa shape index (κ1) is 17.0. The highest BCUT2D eigenvalue weighted by atomic mass is 16.6. The van der Waals surface area contributed by atoms with E-state index in [0.29, 0.717) is 41.5 Å². The Labute approximate surface area is 149 Å². The van der Waals surface area contributed by atoms with Crippen LogP contribution in [0.1, 0.15) is 15.9 Å². The molecule has 0 radical (unpaired) electrons. The SMILES string of the molecule is N#C/C(=N\Nc1cccc(C(=O)c2ccc3c(c2)OCCO3)c1)C(=N)N. The highest BCUT2D eigenvalue weighted by molar-refractivity contribution is 6.45. The van der Waals surface area contributed by atoms with Crippen LogP contribution in [0.4, 0.5) is 5.69 Å². The van der Waals surface area contributed by atoms with E-state index in [4.69, 9.17) is 25.9 Å². The molecule has 8 nitrogen and oxygen atoms in total. The van der Waals surface area contributed by atoms with Crippen molar-refractivity contribution in [2.24, 2.45) is 10.8 Å². The third kappa shape index (κ3) is 3.62. The molecule has 1 aliphatic rings. The van der Waals surface area contributed by atoms with Crippen LogP contribution in [0.2, 0.25) is 0 Å². The Morgan fingerprint density at radius 2 is 1.88 bits per heavy atom. The summed E-state index contributed by atoms with van der Waals surface area (Å²) >= 11 is 0. The molecule has 1 aliphatic heterocycles. The largest absolute Gasteiger partial charge is 0.486 e. The number of amidine groups is 1. The average molecular weight is 349 g/mol. The predicted octanol–water partition coefficient (Wildman–Crippen LogP) is 1.92. The fourth-order valence-electron chi connectivity index (χ4n) is 2.35. The number of anilines is 1. The molecule has 4 N–H and O–H groups in total. The third-order valence-electron chi connectivity index (χ3n) is 3.59. The zero-order valence-electron chi connectivity index (χ0n) is 13.7. The number of benzene rings is 2. The summed E-state index contributed by atoms with van der Waals surface area (Å²) in [5.41, 5.74) is 9.01. The first-order valence-corrected chi connectivity index (χ1v) is 7.71. The summed E-state index contributed by atoms with van der Waals surface area (Å²) in [5, 5.41) is 19.8. The highest BCUT2D eigenvalue weighted by Crippen LogP contribution is 2.31. The Morgan fingerprint density at radius 1 is 1.15 bits per heavy atom. The maximum atomic E-state index is 12.7. The van der Waals surface area contributed by atoms with Gasteiger partial charge in [0, 0.05) is 11.1 Å². The van der Waals surface area contributed by atoms with Crippen molar-refractivity contribution >= 4 is 23.0 Å². The summed E-state index contributed by atoms with van der Waals surface area (Å²) in [6.45, 7) is 0.929. The van der Waals surface area contributed by atoms with E-state index in [2.05, 4.69) is 10.5 Å². The van der Waals surface area contributed by atoms with Crippen LogP contribution >= 0.6 is 0 Å². The van der Waals surface area contributed by atoms with Crippen LogP contribution in [0.15, 0.2) is 47.6 Å². The Hall–Kier alpha value is -3.86. The Bertz CT molecular complexity index is 946. The number of nitrogens with one attached hydrogen (secondary N) is 2. The summed E-state index contributed by atoms with van der Waals surface area (Å²) in [7, 11) is 0. The Balaban J connectivity index is 1.83. The minimum absolute atomic E-state index is 0.193. The van der Waals surface area contributed by atoms with Gasteiger partial charge < -0.3 is 15.2 Å². The highest BCUT2D eigenvalue weighted by Gasteiger charge is 2.16. The molecule has 0 aromatic heterocycles. The Morgan fingerprint density at radius 3 is 2.62 bits per heavy atom. The van der Waals surface area contributed by atoms with E-state index >= 15 is 0 Å². The van der Waals surface area contributed by atoms with Crippen LogP contribution in [-0.4, -0.2) is 30.5 Å². The van der Waals surface area contributed by atoms with Gasteiger partial charge in [-0.25, -0.2) is 0 Å². The molecule has 1 heterocycles. The summed E-state index contributed by atoms with van der Waals surface area (Å²) in [6, 6.07) is 13.4. The number of nitrogens with zero attached hydrogens (tertiary/aromatic N) is 2. The van der Waals surface area contributed by atoms with Gasteiger partial charge in [-0.2, -0.15) is 10.4 Å². The maximum absolute atomic E-state index is 12.7. The lowest BCUT2D eigenvalue weighted by Gasteiger charge is -2.18. The lowest BCUT2D eigenvalue weighted by atomic mass is 10.0. The molecular formula is C18H15N5O3. The molecule has 130 valence electrons. The van der Waals surface area contributed by atoms with Gasteiger partial charge in [0.25, 0.3) is 0 Å². The molecule has 0 bridgehead atoms. The number of fused-ring (bicyclic) bond motifs is 1. The summed E-state index contributed by atoms with van der Waals surface area (Å²) in [6.07, 6.45) is 0. The average Bonchev–Trinajstić information content (AvgIpc) is 2.67. The zero-order valence-corrected chi connectivity index (χ0v) is 13.7. The van der Waals surface area contributed by atoms with Gasteiger partial charge in [-0.1, -0.05) is 12.1 Å². The zero-order chi connectivity index (χ0) is 18.5. The second-order valence-electron chi connectivity index (χ2n) is 5.37. The van der Waals surface area contributed by atoms with Crippen LogP contribution in [0.5, 0.6) is 11.5 Å². The van der Waals surface area contributed by atoms with Crippen molar-refractivity contribution in [3.63, 3.8) is 0 Å². The van der Waals surface area contributed by atoms with Gasteiger partial charge in [0.15, 0.2) is 23.1 Å². The van der Waals surface area contributed by atoms with Crippen molar-refractivity contribution in [1.82, 2.24) is 0 Å². The molecule has 0 amide bonds. The fraction of sp³-hybridized carbons (Fsp3) is 0.111. The number of nitrogens with two attached hydrogens (primary N) is 1. The van der Waals surface area contributed by atoms with Gasteiger partial charge in [0.05, 0.1) is 5.69 Å². The monoisotopic (exact) mass is 349 g/mol. The minimum atomic E-state index is -0.441. The van der Waals surface area contributed by atoms with Crippen LogP contribution in [0.25, 0.3) is 0 Å². The number of rotatable bonds is 5. The van der Waals surface area contributed by atoms with E-state index in [1.165, 1.54) is 0 Å². The van der Waals surface area contributed by atoms with E-state index in [1.807, 2.05) is 0 Å². The molecule has 3 rings (SSSR count). The molecule has 2 aromatic carbocycles. The number of ketones is 1. The number of ether oxygens (including phenoxy) is 2. The molecule has 0 aliphatic carbocycles. The van der Waals surface area contributed by atoms with E-state index in [-0.39, 0.29) is 11.5 Å². The van der Waals surface area contributed by atoms with Crippen LogP contribution in [-0.2, 0) is 0 Å². The van der Waals surface area contributed by atoms with Crippen LogP contribution in [0.3, 0.4) is 0 Å². The van der Waals surface area contributed by atoms with E-state index in [1.54, 1.807) is 48.5 Å². The normalized spacial score (nSPS) is 12.8. The smallest absolute Gasteiger partial charge is 0.201 e. The van der Waals surface area contributed by atoms with Crippen molar-refractivity contribution in [3.8, 4) is 17.6 Å². The number of carbonyl (C=O) groups is 1. The van der Waals surface area contributed by atoms with Gasteiger partial charge in [-0.3, -0.25) is 15.6 Å². The molecule has 8 heteroatoms. The molecule has 0 spiro atoms. The van der Waals surface area contributed by atoms with Gasteiger partial charge in [-0.15, -0.1) is 0 Å². The van der Waals surface area contributed by atoms with Crippen molar-refractivity contribution in [1.29, 1.82) is 10.7 Å². The van der Waals surface area contributed by atoms with Crippen molar-refractivity contribution in [2.75, 3.05) is 18.6 Å². The molecule has 2 aromatic rings. The molecule has 0 atom stereocenters. The van der Waals surface area contributed by atoms with Crippen LogP contribution < -0.4 is 20.6 Å². The number of hydrogen-bond acceptors (Lipinski definition) is 7. The summed E-state index contributed by atoms with van der Waals surface area (Å²) in [4.78, 5) is 12.7. The second-order valence-corrected chi connectivity index (χ2v) is 5.37. The first-order valence-electron chi connectivity index (χ1n) is 7.71. The fourth-order valence-corrected chi connectivity index (χ4v) is 2.35. The minimum Gasteiger partial charge on any atom is -0.486 e. The lowest BCUT2D eigenvalue weighted by molar-refractivity contribution is 0.103. The van der Waals surface area contributed by atoms with Gasteiger partial charge in [0.2, 0.25) is 5.71 Å². The maximum Gasteiger partial charge on any atom is 0.201 e. The van der Waals surface area contributed by atoms with Gasteiger partial charge >= 0.3 is 0 Å². The van der Waals surface area contributed by atoms with E-state index in [0.717, 1.165) is 0 Å². The standard InChI is InChI=1S/C18H15N5O3/c19-10-14(18(20)21)23-22-13-3-1-2-11(8-13)17(24)12-4-5-15-16(9-12)26-7-6-25-15/h1-5,8-9,22H,6-7H2,(H3,20,21)/b23-14+. The molecule has 0 saturated heterocycles. The Kier molecular flexibility index (Phi) is 4.80. The third-order valence-corrected chi connectivity index (χ3v) is 3.59. The first-order chi connectivity index (χ1) is 12.6. The second kappa shape index (κ2) is 7.36. The predicted molar refractivity (Wildman–Crippen MR) is 95.9 cm³/mol. The van der Waals surface area contributed by atoms with Crippen molar-refractivity contribution in [2.45, 2.75) is 0 Å². The van der Waals surface area contributed by atoms with Crippen molar-refractivity contribution < 1.29 is 14.3 Å². The topological polar surface area (TPSA) is 134 Å². The van der Waals surface area contributed by atoms with Crippen molar-refractivity contribution in [3.05, 3.63) is 53.6 Å². The number of hydrazone groups is 1. The molecule has 0 fully saturated rings. The molecular weight excluding hydrogens is 334 g/mol. The van der Waals surface area contributed by atoms with Crippen LogP contribution in [0, 0.1) is 16.7 Å². The van der Waals surface area contributed by atoms with Gasteiger partial charge in [0.1, 0.15) is 19.3 Å². The summed E-state index contributed by atoms with van der Waals surface area (Å²) < 4.78 is 11.0.